The Balaban J connectivity index is 3.23. The van der Waals surface area contributed by atoms with Gasteiger partial charge in [-0.15, -0.1) is 0 Å². The molecule has 0 saturated carbocycles. The lowest BCUT2D eigenvalue weighted by atomic mass is 10.1. The zero-order valence-electron chi connectivity index (χ0n) is 13.7. The number of hydrogen-bond acceptors (Lipinski definition) is 4. The zero-order chi connectivity index (χ0) is 15.7. The lowest BCUT2D eigenvalue weighted by Gasteiger charge is -2.60. The summed E-state index contributed by atoms with van der Waals surface area (Å²) in [5, 5.41) is 28.4. The summed E-state index contributed by atoms with van der Waals surface area (Å²) in [5.74, 6) is 0. The van der Waals surface area contributed by atoms with Gasteiger partial charge in [-0.05, 0) is 38.0 Å². The van der Waals surface area contributed by atoms with Crippen molar-refractivity contribution in [1.82, 2.24) is 0 Å². The highest BCUT2D eigenvalue weighted by Gasteiger charge is 2.64. The van der Waals surface area contributed by atoms with Gasteiger partial charge in [0.1, 0.15) is 0 Å². The van der Waals surface area contributed by atoms with Crippen molar-refractivity contribution in [2.45, 2.75) is 63.3 Å². The first kappa shape index (κ1) is 18.5. The third-order valence-corrected chi connectivity index (χ3v) is 46.1. The van der Waals surface area contributed by atoms with Crippen molar-refractivity contribution in [3.05, 3.63) is 0 Å². The van der Waals surface area contributed by atoms with E-state index in [0.29, 0.717) is 6.42 Å². The van der Waals surface area contributed by atoms with E-state index in [0.717, 1.165) is 18.1 Å². The Morgan fingerprint density at radius 1 is 0.950 bits per heavy atom. The highest BCUT2D eigenvalue weighted by Crippen LogP contribution is 2.48. The van der Waals surface area contributed by atoms with Crippen molar-refractivity contribution in [2.24, 2.45) is 0 Å². The van der Waals surface area contributed by atoms with E-state index in [9.17, 15) is 15.3 Å². The van der Waals surface area contributed by atoms with Gasteiger partial charge in [-0.3, -0.25) is 0 Å². The van der Waals surface area contributed by atoms with Gasteiger partial charge in [0, 0.05) is 27.4 Å². The molecule has 3 atom stereocenters. The molecule has 7 heteroatoms. The van der Waals surface area contributed by atoms with Gasteiger partial charge in [0.15, 0.2) is 7.83 Å². The van der Waals surface area contributed by atoms with Gasteiger partial charge >= 0.3 is 0 Å². The number of hydrogen-bond donors (Lipinski definition) is 3. The van der Waals surface area contributed by atoms with Gasteiger partial charge in [-0.1, -0.05) is 19.6 Å². The lowest BCUT2D eigenvalue weighted by molar-refractivity contribution is 0.0660. The fourth-order valence-corrected chi connectivity index (χ4v) is 38.9. The third-order valence-electron chi connectivity index (χ3n) is 5.96. The van der Waals surface area contributed by atoms with E-state index in [1.165, 1.54) is 0 Å². The van der Waals surface area contributed by atoms with E-state index >= 15 is 0 Å². The Hall–Kier alpha value is 0.491. The summed E-state index contributed by atoms with van der Waals surface area (Å²) in [4.78, 5) is 0. The van der Waals surface area contributed by atoms with E-state index in [4.69, 9.17) is 4.43 Å². The predicted octanol–water partition coefficient (Wildman–Crippen LogP) is 1.66. The minimum atomic E-state index is -1.98. The molecule has 1 fully saturated rings. The van der Waals surface area contributed by atoms with Crippen molar-refractivity contribution in [3.8, 4) is 0 Å². The molecule has 0 amide bonds. The summed E-state index contributed by atoms with van der Waals surface area (Å²) in [6.07, 6.45) is 0.666. The Kier molecular flexibility index (Phi) is 5.85. The van der Waals surface area contributed by atoms with Crippen LogP contribution in [0.2, 0.25) is 44.3 Å². The molecule has 1 aliphatic rings. The third kappa shape index (κ3) is 3.13. The largest absolute Gasteiger partial charge is 0.415 e. The summed E-state index contributed by atoms with van der Waals surface area (Å²) >= 11 is 0. The molecule has 1 rings (SSSR count). The van der Waals surface area contributed by atoms with Crippen LogP contribution in [0.3, 0.4) is 0 Å². The van der Waals surface area contributed by atoms with Crippen LogP contribution >= 0.6 is 0 Å². The second-order valence-electron chi connectivity index (χ2n) is 7.57. The van der Waals surface area contributed by atoms with Gasteiger partial charge in [0.05, 0.1) is 12.7 Å². The van der Waals surface area contributed by atoms with Crippen molar-refractivity contribution in [3.63, 3.8) is 0 Å². The molecule has 3 N–H and O–H groups in total. The Bertz CT molecular complexity index is 316. The van der Waals surface area contributed by atoms with Gasteiger partial charge in [0.2, 0.25) is 0 Å². The van der Waals surface area contributed by atoms with Gasteiger partial charge < -0.3 is 19.7 Å². The summed E-state index contributed by atoms with van der Waals surface area (Å²) in [5.41, 5.74) is -0.260. The van der Waals surface area contributed by atoms with Gasteiger partial charge in [-0.2, -0.15) is 0 Å². The second-order valence-corrected chi connectivity index (χ2v) is 33.8. The number of aliphatic hydroxyl groups excluding tert-OH is 3. The van der Waals surface area contributed by atoms with Crippen molar-refractivity contribution in [1.29, 1.82) is 0 Å². The lowest BCUT2D eigenvalue weighted by Crippen LogP contribution is -2.80. The molecule has 0 aromatic carbocycles. The first-order chi connectivity index (χ1) is 9.10. The van der Waals surface area contributed by atoms with Crippen LogP contribution in [0.4, 0.5) is 0 Å². The van der Waals surface area contributed by atoms with E-state index in [1.54, 1.807) is 0 Å². The topological polar surface area (TPSA) is 69.9 Å². The zero-order valence-corrected chi connectivity index (χ0v) is 16.7. The first-order valence-electron chi connectivity index (χ1n) is 7.62. The smallest absolute Gasteiger partial charge is 0.177 e. The highest BCUT2D eigenvalue weighted by atomic mass is 29.6. The fourth-order valence-electron chi connectivity index (χ4n) is 3.99. The molecule has 1 saturated heterocycles. The molecule has 0 radical (unpaired) electrons. The number of aliphatic hydroxyl groups is 3. The van der Waals surface area contributed by atoms with Crippen molar-refractivity contribution >= 4 is 22.5 Å². The molecule has 0 bridgehead atoms. The van der Waals surface area contributed by atoms with Crippen LogP contribution in [-0.4, -0.2) is 63.3 Å². The second kappa shape index (κ2) is 6.31. The predicted molar refractivity (Wildman–Crippen MR) is 90.5 cm³/mol. The first-order valence-corrected chi connectivity index (χ1v) is 18.2. The van der Waals surface area contributed by atoms with E-state index in [1.807, 2.05) is 0 Å². The minimum Gasteiger partial charge on any atom is -0.415 e. The number of rotatable bonds is 6. The Morgan fingerprint density at radius 2 is 1.50 bits per heavy atom. The fraction of sp³-hybridized carbons (Fsp3) is 1.00. The average molecular weight is 337 g/mol. The Morgan fingerprint density at radius 3 is 1.95 bits per heavy atom. The SMILES string of the molecule is CC1(CCO)C[Si](C)(CCO)[Si](C)(C)[Si](C)(CCO)O1. The summed E-state index contributed by atoms with van der Waals surface area (Å²) in [6, 6.07) is 2.76. The molecule has 0 aliphatic carbocycles. The van der Waals surface area contributed by atoms with Crippen LogP contribution in [0, 0.1) is 0 Å². The van der Waals surface area contributed by atoms with Crippen LogP contribution in [0.1, 0.15) is 13.3 Å². The van der Waals surface area contributed by atoms with Crippen LogP contribution in [0.25, 0.3) is 0 Å². The molecule has 1 heterocycles. The van der Waals surface area contributed by atoms with E-state index < -0.39 is 22.5 Å². The molecule has 120 valence electrons. The van der Waals surface area contributed by atoms with E-state index in [-0.39, 0.29) is 25.4 Å². The summed E-state index contributed by atoms with van der Waals surface area (Å²) in [6.45, 7) is 12.3. The van der Waals surface area contributed by atoms with Gasteiger partial charge in [0.25, 0.3) is 0 Å². The molecular formula is C13H32O4Si3. The maximum atomic E-state index is 9.55. The summed E-state index contributed by atoms with van der Waals surface area (Å²) < 4.78 is 6.63. The minimum absolute atomic E-state index is 0.145. The molecule has 0 spiro atoms. The van der Waals surface area contributed by atoms with E-state index in [2.05, 4.69) is 33.1 Å². The molecular weight excluding hydrogens is 304 g/mol. The van der Waals surface area contributed by atoms with Crippen LogP contribution in [0.5, 0.6) is 0 Å². The monoisotopic (exact) mass is 336 g/mol. The molecule has 20 heavy (non-hydrogen) atoms. The normalized spacial score (nSPS) is 40.8. The molecule has 4 nitrogen and oxygen atoms in total. The Labute approximate surface area is 125 Å². The van der Waals surface area contributed by atoms with Crippen LogP contribution < -0.4 is 0 Å². The average Bonchev–Trinajstić information content (AvgIpc) is 2.27. The molecule has 3 unspecified atom stereocenters. The maximum Gasteiger partial charge on any atom is 0.177 e. The maximum absolute atomic E-state index is 9.55. The summed E-state index contributed by atoms with van der Waals surface area (Å²) in [7, 11) is -5.19. The van der Waals surface area contributed by atoms with Crippen LogP contribution in [-0.2, 0) is 4.43 Å². The quantitative estimate of drug-likeness (QED) is 0.645. The standard InChI is InChI=1S/C13H32O4Si3/c1-13(6-7-14)12-19(4,10-8-15)18(2,3)20(5,17-13)11-9-16/h14-16H,6-12H2,1-5H3. The molecule has 0 aromatic heterocycles. The molecule has 0 aromatic rings. The van der Waals surface area contributed by atoms with Crippen LogP contribution in [0.15, 0.2) is 0 Å². The van der Waals surface area contributed by atoms with Crippen molar-refractivity contribution in [2.75, 3.05) is 19.8 Å². The molecule has 1 aliphatic heterocycles. The van der Waals surface area contributed by atoms with Crippen molar-refractivity contribution < 1.29 is 19.7 Å². The van der Waals surface area contributed by atoms with Gasteiger partial charge in [-0.25, -0.2) is 0 Å². The highest BCUT2D eigenvalue weighted by molar-refractivity contribution is 7.68.